The number of amides is 1. The van der Waals surface area contributed by atoms with Gasteiger partial charge in [0.25, 0.3) is 0 Å². The van der Waals surface area contributed by atoms with Crippen LogP contribution in [0.5, 0.6) is 0 Å². The van der Waals surface area contributed by atoms with Gasteiger partial charge in [-0.25, -0.2) is 5.26 Å². The van der Waals surface area contributed by atoms with E-state index in [-0.39, 0.29) is 57.3 Å². The largest absolute Gasteiger partial charge is 1.00 e. The maximum atomic E-state index is 9.22. The van der Waals surface area contributed by atoms with Gasteiger partial charge in [-0.2, -0.15) is 0 Å². The minimum atomic E-state index is -0.333. The summed E-state index contributed by atoms with van der Waals surface area (Å²) in [5.41, 5.74) is 4.47. The molecule has 0 fully saturated rings. The van der Waals surface area contributed by atoms with Crippen LogP contribution in [0.2, 0.25) is 0 Å². The van der Waals surface area contributed by atoms with E-state index < -0.39 is 0 Å². The Morgan fingerprint density at radius 2 is 1.88 bits per heavy atom. The number of carbonyl (C=O) groups excluding carboxylic acids is 1. The van der Waals surface area contributed by atoms with Gasteiger partial charge in [0.15, 0.2) is 0 Å². The maximum absolute atomic E-state index is 9.22. The van der Waals surface area contributed by atoms with E-state index in [9.17, 15) is 4.79 Å². The Hall–Kier alpha value is 0.816. The van der Waals surface area contributed by atoms with Gasteiger partial charge in [-0.05, 0) is 0 Å². The Balaban J connectivity index is -0.0000000575. The Morgan fingerprint density at radius 3 is 1.88 bits per heavy atom. The molecule has 0 aliphatic rings. The fourth-order valence-corrected chi connectivity index (χ4v) is 0. The molecule has 0 spiro atoms. The molecule has 3 nitrogen and oxygen atoms in total. The fourth-order valence-electron chi connectivity index (χ4n) is 0. The molecule has 2 N–H and O–H groups in total. The van der Waals surface area contributed by atoms with Gasteiger partial charge >= 0.3 is 51.4 Å². The number of nitrogens with two attached hydrogens (primary N) is 1. The number of carbonyl (C=O) groups is 1. The number of primary amides is 1. The summed E-state index contributed by atoms with van der Waals surface area (Å²) in [7, 11) is 0. The number of thiocyanates is 1. The summed E-state index contributed by atoms with van der Waals surface area (Å²) in [6, 6.07) is 0. The molecule has 0 heterocycles. The van der Waals surface area contributed by atoms with Gasteiger partial charge in [0.2, 0.25) is 5.91 Å². The van der Waals surface area contributed by atoms with Gasteiger partial charge in [0.1, 0.15) is 0 Å². The predicted octanol–water partition coefficient (Wildman–Crippen LogP) is -3.49. The molecule has 0 atom stereocenters. The van der Waals surface area contributed by atoms with Crippen molar-refractivity contribution in [3.63, 3.8) is 0 Å². The van der Waals surface area contributed by atoms with E-state index in [1.807, 2.05) is 0 Å². The fraction of sp³-hybridized carbons (Fsp3) is 0.333. The second-order valence-corrected chi connectivity index (χ2v) is 0.885. The maximum Gasteiger partial charge on any atom is 1.00 e. The molecular weight excluding hydrogens is 151 g/mol. The third kappa shape index (κ3) is 346. The van der Waals surface area contributed by atoms with Crippen LogP contribution in [0.3, 0.4) is 0 Å². The summed E-state index contributed by atoms with van der Waals surface area (Å²) < 4.78 is 0. The van der Waals surface area contributed by atoms with Gasteiger partial charge in [0, 0.05) is 6.92 Å². The Bertz CT molecular complexity index is 85.8. The van der Waals surface area contributed by atoms with Crippen LogP contribution < -0.4 is 57.1 Å². The van der Waals surface area contributed by atoms with E-state index in [1.165, 1.54) is 12.3 Å². The minimum Gasteiger partial charge on any atom is -0.696 e. The SMILES string of the molecule is CC(N)=O.N#C[S-].[K+]. The van der Waals surface area contributed by atoms with E-state index in [1.54, 1.807) is 0 Å². The third-order valence-electron chi connectivity index (χ3n) is 0. The molecule has 0 unspecified atom stereocenters. The Kier molecular flexibility index (Phi) is 31.2. The van der Waals surface area contributed by atoms with Gasteiger partial charge in [-0.1, -0.05) is 5.40 Å². The molecule has 0 rings (SSSR count). The van der Waals surface area contributed by atoms with Crippen molar-refractivity contribution in [3.8, 4) is 5.40 Å². The molecule has 0 aliphatic heterocycles. The molecule has 0 radical (unpaired) electrons. The number of nitriles is 1. The molecule has 0 aromatic carbocycles. The van der Waals surface area contributed by atoms with Crippen LogP contribution in [-0.4, -0.2) is 5.91 Å². The molecule has 0 bridgehead atoms. The van der Waals surface area contributed by atoms with Crippen LogP contribution in [0, 0.1) is 10.7 Å². The second-order valence-electron chi connectivity index (χ2n) is 0.702. The van der Waals surface area contributed by atoms with Crippen molar-refractivity contribution in [2.75, 3.05) is 0 Å². The summed E-state index contributed by atoms with van der Waals surface area (Å²) in [6.07, 6.45) is 0. The van der Waals surface area contributed by atoms with Crippen LogP contribution >= 0.6 is 0 Å². The molecule has 8 heavy (non-hydrogen) atoms. The smallest absolute Gasteiger partial charge is 0.696 e. The van der Waals surface area contributed by atoms with Crippen molar-refractivity contribution in [1.29, 1.82) is 5.26 Å². The molecular formula is C3H5KN2OS. The number of nitrogens with zero attached hydrogens (tertiary/aromatic N) is 1. The zero-order chi connectivity index (χ0) is 6.28. The van der Waals surface area contributed by atoms with Crippen molar-refractivity contribution < 1.29 is 56.2 Å². The summed E-state index contributed by atoms with van der Waals surface area (Å²) >= 11 is 3.70. The van der Waals surface area contributed by atoms with Crippen molar-refractivity contribution in [2.24, 2.45) is 5.73 Å². The van der Waals surface area contributed by atoms with Crippen LogP contribution in [0.4, 0.5) is 0 Å². The average Bonchev–Trinajstić information content (AvgIpc) is 1.33. The number of hydrogen-bond acceptors (Lipinski definition) is 3. The van der Waals surface area contributed by atoms with Gasteiger partial charge in [-0.3, -0.25) is 4.79 Å². The molecule has 0 saturated carbocycles. The zero-order valence-corrected chi connectivity index (χ0v) is 8.78. The van der Waals surface area contributed by atoms with E-state index >= 15 is 0 Å². The van der Waals surface area contributed by atoms with Crippen LogP contribution in [0.1, 0.15) is 6.92 Å². The first-order valence-corrected chi connectivity index (χ1v) is 1.83. The number of hydrogen-bond donors (Lipinski definition) is 1. The first kappa shape index (κ1) is 15.9. The predicted molar refractivity (Wildman–Crippen MR) is 27.8 cm³/mol. The Morgan fingerprint density at radius 1 is 1.88 bits per heavy atom. The van der Waals surface area contributed by atoms with Crippen LogP contribution in [0.25, 0.3) is 0 Å². The molecule has 0 aliphatic carbocycles. The van der Waals surface area contributed by atoms with Gasteiger partial charge in [-0.15, -0.1) is 0 Å². The number of rotatable bonds is 0. The summed E-state index contributed by atoms with van der Waals surface area (Å²) in [5, 5.41) is 8.47. The molecule has 1 amide bonds. The summed E-state index contributed by atoms with van der Waals surface area (Å²) in [4.78, 5) is 9.22. The first-order chi connectivity index (χ1) is 3.15. The van der Waals surface area contributed by atoms with E-state index in [0.29, 0.717) is 0 Å². The average molecular weight is 156 g/mol. The van der Waals surface area contributed by atoms with Crippen molar-refractivity contribution in [1.82, 2.24) is 0 Å². The molecule has 40 valence electrons. The molecule has 0 saturated heterocycles. The Labute approximate surface area is 96.4 Å². The molecule has 0 aromatic rings. The van der Waals surface area contributed by atoms with Gasteiger partial charge in [0.05, 0.1) is 0 Å². The van der Waals surface area contributed by atoms with E-state index in [2.05, 4.69) is 18.4 Å². The normalized spacial score (nSPS) is 4.00. The van der Waals surface area contributed by atoms with Crippen molar-refractivity contribution >= 4 is 18.5 Å². The topological polar surface area (TPSA) is 66.9 Å². The second kappa shape index (κ2) is 15.7. The van der Waals surface area contributed by atoms with Gasteiger partial charge < -0.3 is 18.4 Å². The zero-order valence-electron chi connectivity index (χ0n) is 4.84. The minimum absolute atomic E-state index is 0. The van der Waals surface area contributed by atoms with Crippen LogP contribution in [-0.2, 0) is 17.4 Å². The summed E-state index contributed by atoms with van der Waals surface area (Å²) in [5.74, 6) is -0.333. The summed E-state index contributed by atoms with van der Waals surface area (Å²) in [6.45, 7) is 1.31. The third-order valence-corrected chi connectivity index (χ3v) is 0. The van der Waals surface area contributed by atoms with E-state index in [0.717, 1.165) is 0 Å². The van der Waals surface area contributed by atoms with E-state index in [4.69, 9.17) is 5.26 Å². The monoisotopic (exact) mass is 156 g/mol. The quantitative estimate of drug-likeness (QED) is 0.225. The standard InChI is InChI=1S/C2H5NO.CHNS.K/c1-2(3)4;2-1-3;/h1H3,(H2,3,4);3H;/q;;+1/p-1. The molecule has 0 aromatic heterocycles. The van der Waals surface area contributed by atoms with Crippen LogP contribution in [0.15, 0.2) is 0 Å². The molecule has 5 heteroatoms. The van der Waals surface area contributed by atoms with Crippen molar-refractivity contribution in [2.45, 2.75) is 6.92 Å². The first-order valence-electron chi connectivity index (χ1n) is 1.42. The van der Waals surface area contributed by atoms with Crippen molar-refractivity contribution in [3.05, 3.63) is 0 Å².